The third kappa shape index (κ3) is 3.50. The Bertz CT molecular complexity index is 1040. The molecule has 4 N–H and O–H groups in total. The molecule has 4 unspecified atom stereocenters. The van der Waals surface area contributed by atoms with Gasteiger partial charge in [0.1, 0.15) is 17.0 Å². The second kappa shape index (κ2) is 8.03. The molecule has 2 heterocycles. The zero-order valence-corrected chi connectivity index (χ0v) is 18.1. The van der Waals surface area contributed by atoms with E-state index in [1.165, 1.54) is 14.2 Å². The number of hydrogen-bond acceptors (Lipinski definition) is 6. The van der Waals surface area contributed by atoms with E-state index in [1.54, 1.807) is 43.3 Å². The molecule has 2 aliphatic heterocycles. The Kier molecular flexibility index (Phi) is 5.55. The Morgan fingerprint density at radius 2 is 2.03 bits per heavy atom. The summed E-state index contributed by atoms with van der Waals surface area (Å²) in [6.45, 7) is 1.63. The standard InChI is InChI=1S/C22H24ClN3O5/c1-11(27)17-10-15(20(28)24-18-9-13(30-2)5-7-19(18)31-3)22(26-17)14-8-12(23)4-6-16(14)25-21(22)29/h4-9,11,15,17,26-27H,10H2,1-3H3,(H,24,28)(H,25,29). The average Bonchev–Trinajstić information content (AvgIpc) is 3.28. The minimum absolute atomic E-state index is 0.259. The van der Waals surface area contributed by atoms with Gasteiger partial charge in [0.15, 0.2) is 0 Å². The molecule has 1 spiro atoms. The lowest BCUT2D eigenvalue weighted by atomic mass is 9.79. The summed E-state index contributed by atoms with van der Waals surface area (Å²) in [5.74, 6) is -0.535. The van der Waals surface area contributed by atoms with Gasteiger partial charge in [0.2, 0.25) is 11.8 Å². The second-order valence-electron chi connectivity index (χ2n) is 7.79. The van der Waals surface area contributed by atoms with E-state index in [9.17, 15) is 14.7 Å². The van der Waals surface area contributed by atoms with Gasteiger partial charge in [0.25, 0.3) is 0 Å². The molecule has 2 aromatic carbocycles. The summed E-state index contributed by atoms with van der Waals surface area (Å²) in [7, 11) is 3.03. The summed E-state index contributed by atoms with van der Waals surface area (Å²) in [4.78, 5) is 26.7. The monoisotopic (exact) mass is 445 g/mol. The van der Waals surface area contributed by atoms with Crippen molar-refractivity contribution in [2.45, 2.75) is 31.0 Å². The number of ether oxygens (including phenoxy) is 2. The molecular weight excluding hydrogens is 422 g/mol. The van der Waals surface area contributed by atoms with Gasteiger partial charge in [-0.2, -0.15) is 0 Å². The first-order chi connectivity index (χ1) is 14.8. The van der Waals surface area contributed by atoms with E-state index in [2.05, 4.69) is 16.0 Å². The van der Waals surface area contributed by atoms with Crippen LogP contribution in [0.15, 0.2) is 36.4 Å². The van der Waals surface area contributed by atoms with Gasteiger partial charge in [-0.1, -0.05) is 11.6 Å². The zero-order valence-electron chi connectivity index (χ0n) is 17.4. The highest BCUT2D eigenvalue weighted by Gasteiger charge is 2.60. The van der Waals surface area contributed by atoms with Gasteiger partial charge in [0.05, 0.1) is 31.9 Å². The molecule has 0 saturated carbocycles. The Hall–Kier alpha value is -2.81. The molecule has 4 atom stereocenters. The van der Waals surface area contributed by atoms with Crippen LogP contribution < -0.4 is 25.4 Å². The lowest BCUT2D eigenvalue weighted by molar-refractivity contribution is -0.130. The lowest BCUT2D eigenvalue weighted by Crippen LogP contribution is -2.53. The van der Waals surface area contributed by atoms with Gasteiger partial charge < -0.3 is 25.2 Å². The molecule has 0 bridgehead atoms. The molecule has 2 aliphatic rings. The van der Waals surface area contributed by atoms with Crippen molar-refractivity contribution in [2.75, 3.05) is 24.9 Å². The Morgan fingerprint density at radius 1 is 1.26 bits per heavy atom. The molecule has 0 aliphatic carbocycles. The van der Waals surface area contributed by atoms with Gasteiger partial charge in [-0.25, -0.2) is 0 Å². The molecule has 2 aromatic rings. The van der Waals surface area contributed by atoms with E-state index in [0.29, 0.717) is 33.5 Å². The lowest BCUT2D eigenvalue weighted by Gasteiger charge is -2.29. The number of aliphatic hydroxyl groups excluding tert-OH is 1. The predicted octanol–water partition coefficient (Wildman–Crippen LogP) is 2.50. The first-order valence-corrected chi connectivity index (χ1v) is 10.3. The number of rotatable bonds is 5. The first kappa shape index (κ1) is 21.4. The van der Waals surface area contributed by atoms with Crippen LogP contribution in [0.3, 0.4) is 0 Å². The number of anilines is 2. The molecule has 2 amide bonds. The van der Waals surface area contributed by atoms with Crippen LogP contribution in [0.5, 0.6) is 11.5 Å². The minimum Gasteiger partial charge on any atom is -0.497 e. The third-order valence-corrected chi connectivity index (χ3v) is 6.24. The normalized spacial score (nSPS) is 25.1. The van der Waals surface area contributed by atoms with Crippen LogP contribution in [0.2, 0.25) is 5.02 Å². The van der Waals surface area contributed by atoms with Crippen LogP contribution in [-0.4, -0.2) is 43.3 Å². The van der Waals surface area contributed by atoms with E-state index >= 15 is 0 Å². The van der Waals surface area contributed by atoms with Crippen molar-refractivity contribution in [3.05, 3.63) is 47.0 Å². The van der Waals surface area contributed by atoms with Gasteiger partial charge in [-0.3, -0.25) is 14.9 Å². The molecule has 8 nitrogen and oxygen atoms in total. The van der Waals surface area contributed by atoms with Crippen LogP contribution >= 0.6 is 11.6 Å². The summed E-state index contributed by atoms with van der Waals surface area (Å²) in [5.41, 5.74) is 0.251. The number of aliphatic hydroxyl groups is 1. The van der Waals surface area contributed by atoms with Crippen molar-refractivity contribution < 1.29 is 24.2 Å². The second-order valence-corrected chi connectivity index (χ2v) is 8.22. The summed E-state index contributed by atoms with van der Waals surface area (Å²) >= 11 is 6.21. The molecule has 0 aromatic heterocycles. The number of methoxy groups -OCH3 is 2. The maximum absolute atomic E-state index is 13.5. The number of amides is 2. The third-order valence-electron chi connectivity index (χ3n) is 6.00. The molecule has 4 rings (SSSR count). The summed E-state index contributed by atoms with van der Waals surface area (Å²) in [6.07, 6.45) is -0.508. The summed E-state index contributed by atoms with van der Waals surface area (Å²) < 4.78 is 10.6. The molecule has 0 radical (unpaired) electrons. The fraction of sp³-hybridized carbons (Fsp3) is 0.364. The average molecular weight is 446 g/mol. The van der Waals surface area contributed by atoms with Crippen LogP contribution in [0.25, 0.3) is 0 Å². The SMILES string of the molecule is COc1ccc(OC)c(NC(=O)C2CC(C(C)O)NC23C(=O)Nc2ccc(Cl)cc23)c1. The first-order valence-electron chi connectivity index (χ1n) is 9.90. The molecule has 9 heteroatoms. The van der Waals surface area contributed by atoms with E-state index in [-0.39, 0.29) is 18.2 Å². The minimum atomic E-state index is -1.35. The quantitative estimate of drug-likeness (QED) is 0.563. The molecule has 1 fully saturated rings. The van der Waals surface area contributed by atoms with Crippen molar-refractivity contribution in [3.63, 3.8) is 0 Å². The smallest absolute Gasteiger partial charge is 0.250 e. The number of carbonyl (C=O) groups excluding carboxylic acids is 2. The number of halogens is 1. The van der Waals surface area contributed by atoms with Gasteiger partial charge in [0, 0.05) is 28.4 Å². The highest BCUT2D eigenvalue weighted by molar-refractivity contribution is 6.31. The fourth-order valence-corrected chi connectivity index (χ4v) is 4.59. The zero-order chi connectivity index (χ0) is 22.3. The van der Waals surface area contributed by atoms with Crippen molar-refractivity contribution in [1.82, 2.24) is 5.32 Å². The van der Waals surface area contributed by atoms with E-state index in [0.717, 1.165) is 0 Å². The van der Waals surface area contributed by atoms with Crippen LogP contribution in [0.4, 0.5) is 11.4 Å². The van der Waals surface area contributed by atoms with Crippen molar-refractivity contribution in [3.8, 4) is 11.5 Å². The molecule has 31 heavy (non-hydrogen) atoms. The van der Waals surface area contributed by atoms with E-state index < -0.39 is 23.6 Å². The number of benzene rings is 2. The maximum atomic E-state index is 13.5. The maximum Gasteiger partial charge on any atom is 0.250 e. The topological polar surface area (TPSA) is 109 Å². The van der Waals surface area contributed by atoms with Gasteiger partial charge in [-0.15, -0.1) is 0 Å². The Labute approximate surface area is 184 Å². The fourth-order valence-electron chi connectivity index (χ4n) is 4.42. The molecule has 164 valence electrons. The predicted molar refractivity (Wildman–Crippen MR) is 117 cm³/mol. The van der Waals surface area contributed by atoms with Crippen LogP contribution in [-0.2, 0) is 15.1 Å². The summed E-state index contributed by atoms with van der Waals surface area (Å²) in [6, 6.07) is 9.67. The Balaban J connectivity index is 1.75. The highest BCUT2D eigenvalue weighted by atomic mass is 35.5. The van der Waals surface area contributed by atoms with Gasteiger partial charge >= 0.3 is 0 Å². The Morgan fingerprint density at radius 3 is 2.71 bits per heavy atom. The van der Waals surface area contributed by atoms with Crippen molar-refractivity contribution in [2.24, 2.45) is 5.92 Å². The number of fused-ring (bicyclic) bond motifs is 2. The number of nitrogens with one attached hydrogen (secondary N) is 3. The largest absolute Gasteiger partial charge is 0.497 e. The highest BCUT2D eigenvalue weighted by Crippen LogP contribution is 2.48. The van der Waals surface area contributed by atoms with Crippen molar-refractivity contribution >= 4 is 34.8 Å². The molecule has 1 saturated heterocycles. The van der Waals surface area contributed by atoms with Crippen LogP contribution in [0.1, 0.15) is 18.9 Å². The number of carbonyl (C=O) groups is 2. The van der Waals surface area contributed by atoms with Crippen LogP contribution in [0, 0.1) is 5.92 Å². The number of hydrogen-bond donors (Lipinski definition) is 4. The van der Waals surface area contributed by atoms with E-state index in [4.69, 9.17) is 21.1 Å². The van der Waals surface area contributed by atoms with Gasteiger partial charge in [-0.05, 0) is 43.7 Å². The summed E-state index contributed by atoms with van der Waals surface area (Å²) in [5, 5.41) is 19.6. The van der Waals surface area contributed by atoms with Crippen molar-refractivity contribution in [1.29, 1.82) is 0 Å². The molecular formula is C22H24ClN3O5. The van der Waals surface area contributed by atoms with E-state index in [1.807, 2.05) is 0 Å².